The molecule has 0 saturated heterocycles. The van der Waals surface area contributed by atoms with Gasteiger partial charge in [0.2, 0.25) is 0 Å². The van der Waals surface area contributed by atoms with Crippen LogP contribution in [0.1, 0.15) is 20.8 Å². The zero-order chi connectivity index (χ0) is 15.4. The Hall–Kier alpha value is -2.14. The van der Waals surface area contributed by atoms with Crippen LogP contribution in [-0.4, -0.2) is 11.1 Å². The molecule has 0 radical (unpaired) electrons. The molecule has 0 unspecified atom stereocenters. The molecule has 0 N–H and O–H groups in total. The van der Waals surface area contributed by atoms with E-state index in [0.29, 0.717) is 5.69 Å². The molecular weight excluding hydrogens is 284 g/mol. The van der Waals surface area contributed by atoms with E-state index < -0.39 is 4.92 Å². The number of nitro groups is 1. The summed E-state index contributed by atoms with van der Waals surface area (Å²) in [4.78, 5) is 17.0. The number of rotatable bonds is 3. The molecule has 0 bridgehead atoms. The van der Waals surface area contributed by atoms with Crippen LogP contribution in [0.5, 0.6) is 0 Å². The van der Waals surface area contributed by atoms with E-state index in [1.54, 1.807) is 30.1 Å². The molecule has 108 valence electrons. The van der Waals surface area contributed by atoms with E-state index in [0.717, 1.165) is 5.57 Å². The molecule has 1 aromatic carbocycles. The molecule has 0 aromatic heterocycles. The molecule has 0 spiro atoms. The van der Waals surface area contributed by atoms with Gasteiger partial charge >= 0.3 is 0 Å². The van der Waals surface area contributed by atoms with Crippen molar-refractivity contribution in [3.8, 4) is 0 Å². The lowest BCUT2D eigenvalue weighted by Gasteiger charge is -2.12. The first-order chi connectivity index (χ1) is 9.97. The lowest BCUT2D eigenvalue weighted by atomic mass is 10.2. The van der Waals surface area contributed by atoms with Crippen LogP contribution in [0, 0.1) is 10.1 Å². The third kappa shape index (κ3) is 3.92. The van der Waals surface area contributed by atoms with Gasteiger partial charge in [-0.15, -0.1) is 0 Å². The molecule has 0 saturated carbocycles. The van der Waals surface area contributed by atoms with Crippen LogP contribution >= 0.6 is 11.8 Å². The number of thioether (sulfide) groups is 1. The number of hydrogen-bond donors (Lipinski definition) is 0. The molecule has 1 heterocycles. The molecule has 0 atom stereocenters. The molecule has 21 heavy (non-hydrogen) atoms. The van der Waals surface area contributed by atoms with Gasteiger partial charge in [0, 0.05) is 23.3 Å². The van der Waals surface area contributed by atoms with Crippen molar-refractivity contribution in [2.24, 2.45) is 4.99 Å². The van der Waals surface area contributed by atoms with E-state index in [1.807, 2.05) is 6.92 Å². The Balaban J connectivity index is 2.14. The van der Waals surface area contributed by atoms with Crippen molar-refractivity contribution in [2.45, 2.75) is 20.8 Å². The van der Waals surface area contributed by atoms with Crippen LogP contribution in [-0.2, 0) is 0 Å². The quantitative estimate of drug-likeness (QED) is 0.439. The van der Waals surface area contributed by atoms with Crippen molar-refractivity contribution in [1.82, 2.24) is 0 Å². The van der Waals surface area contributed by atoms with E-state index in [4.69, 9.17) is 0 Å². The van der Waals surface area contributed by atoms with E-state index >= 15 is 0 Å². The summed E-state index contributed by atoms with van der Waals surface area (Å²) in [5.41, 5.74) is 3.13. The maximum atomic E-state index is 10.6. The van der Waals surface area contributed by atoms with Gasteiger partial charge in [0.25, 0.3) is 5.69 Å². The third-order valence-electron chi connectivity index (χ3n) is 3.16. The standard InChI is InChI=1S/C16H16N2O2S/c1-11-4-9-16(21-13(11)3)12(2)10-17-14-5-7-15(8-6-14)18(19)20/h4-10H,1-3H3/b16-12+,17-10?. The summed E-state index contributed by atoms with van der Waals surface area (Å²) in [5.74, 6) is 0. The Morgan fingerprint density at radius 3 is 2.48 bits per heavy atom. The number of hydrogen-bond acceptors (Lipinski definition) is 4. The predicted octanol–water partition coefficient (Wildman–Crippen LogP) is 5.17. The van der Waals surface area contributed by atoms with E-state index in [-0.39, 0.29) is 5.69 Å². The van der Waals surface area contributed by atoms with Gasteiger partial charge in [-0.2, -0.15) is 0 Å². The van der Waals surface area contributed by atoms with Crippen LogP contribution in [0.2, 0.25) is 0 Å². The van der Waals surface area contributed by atoms with Gasteiger partial charge in [-0.3, -0.25) is 15.1 Å². The topological polar surface area (TPSA) is 55.5 Å². The minimum absolute atomic E-state index is 0.0750. The predicted molar refractivity (Wildman–Crippen MR) is 89.1 cm³/mol. The number of nitrogens with zero attached hydrogens (tertiary/aromatic N) is 2. The second kappa shape index (κ2) is 6.54. The summed E-state index contributed by atoms with van der Waals surface area (Å²) in [6.45, 7) is 6.20. The van der Waals surface area contributed by atoms with Gasteiger partial charge in [-0.05, 0) is 55.0 Å². The number of allylic oxidation sites excluding steroid dienone is 5. The molecular formula is C16H16N2O2S. The lowest BCUT2D eigenvalue weighted by molar-refractivity contribution is -0.384. The van der Waals surface area contributed by atoms with Crippen molar-refractivity contribution in [1.29, 1.82) is 0 Å². The first kappa shape index (κ1) is 15.3. The lowest BCUT2D eigenvalue weighted by Crippen LogP contribution is -1.90. The summed E-state index contributed by atoms with van der Waals surface area (Å²) in [6, 6.07) is 6.21. The van der Waals surface area contributed by atoms with Crippen molar-refractivity contribution in [3.05, 3.63) is 67.5 Å². The fourth-order valence-corrected chi connectivity index (χ4v) is 2.61. The van der Waals surface area contributed by atoms with Crippen molar-refractivity contribution >= 4 is 29.4 Å². The fraction of sp³-hybridized carbons (Fsp3) is 0.188. The van der Waals surface area contributed by atoms with E-state index in [1.165, 1.54) is 27.5 Å². The second-order valence-corrected chi connectivity index (χ2v) is 6.01. The van der Waals surface area contributed by atoms with Gasteiger partial charge in [0.05, 0.1) is 10.6 Å². The van der Waals surface area contributed by atoms with Crippen LogP contribution in [0.3, 0.4) is 0 Å². The monoisotopic (exact) mass is 300 g/mol. The minimum atomic E-state index is -0.415. The summed E-state index contributed by atoms with van der Waals surface area (Å²) in [5, 5.41) is 10.6. The summed E-state index contributed by atoms with van der Waals surface area (Å²) < 4.78 is 0. The molecule has 4 nitrogen and oxygen atoms in total. The second-order valence-electron chi connectivity index (χ2n) is 4.75. The van der Waals surface area contributed by atoms with E-state index in [2.05, 4.69) is 31.0 Å². The highest BCUT2D eigenvalue weighted by Crippen LogP contribution is 2.34. The maximum Gasteiger partial charge on any atom is 0.269 e. The van der Waals surface area contributed by atoms with Crippen LogP contribution in [0.25, 0.3) is 0 Å². The van der Waals surface area contributed by atoms with Crippen LogP contribution < -0.4 is 0 Å². The van der Waals surface area contributed by atoms with Crippen LogP contribution in [0.15, 0.2) is 62.4 Å². The molecule has 0 fully saturated rings. The fourth-order valence-electron chi connectivity index (χ4n) is 1.70. The highest BCUT2D eigenvalue weighted by molar-refractivity contribution is 8.07. The Labute approximate surface area is 128 Å². The summed E-state index contributed by atoms with van der Waals surface area (Å²) in [7, 11) is 0. The smallest absolute Gasteiger partial charge is 0.258 e. The largest absolute Gasteiger partial charge is 0.269 e. The van der Waals surface area contributed by atoms with Crippen molar-refractivity contribution < 1.29 is 4.92 Å². The average Bonchev–Trinajstić information content (AvgIpc) is 2.48. The summed E-state index contributed by atoms with van der Waals surface area (Å²) in [6.07, 6.45) is 5.98. The highest BCUT2D eigenvalue weighted by Gasteiger charge is 2.07. The van der Waals surface area contributed by atoms with Crippen LogP contribution in [0.4, 0.5) is 11.4 Å². The first-order valence-electron chi connectivity index (χ1n) is 6.50. The maximum absolute atomic E-state index is 10.6. The average molecular weight is 300 g/mol. The van der Waals surface area contributed by atoms with Crippen molar-refractivity contribution in [3.63, 3.8) is 0 Å². The molecule has 1 aliphatic heterocycles. The van der Waals surface area contributed by atoms with Crippen molar-refractivity contribution in [2.75, 3.05) is 0 Å². The van der Waals surface area contributed by atoms with Gasteiger partial charge in [0.1, 0.15) is 0 Å². The minimum Gasteiger partial charge on any atom is -0.258 e. The Bertz CT molecular complexity index is 683. The van der Waals surface area contributed by atoms with Gasteiger partial charge in [-0.1, -0.05) is 17.8 Å². The number of nitro benzene ring substituents is 1. The SMILES string of the molecule is CC1=C(C)S/C(=C(\C)C=Nc2ccc([N+](=O)[O-])cc2)C=C1. The van der Waals surface area contributed by atoms with E-state index in [9.17, 15) is 10.1 Å². The Kier molecular flexibility index (Phi) is 4.75. The number of aliphatic imine (C=N–C) groups is 1. The molecule has 2 rings (SSSR count). The zero-order valence-electron chi connectivity index (χ0n) is 12.2. The molecule has 0 aliphatic carbocycles. The number of benzene rings is 1. The normalized spacial score (nSPS) is 17.5. The molecule has 5 heteroatoms. The molecule has 1 aliphatic rings. The molecule has 1 aromatic rings. The first-order valence-corrected chi connectivity index (χ1v) is 7.32. The Morgan fingerprint density at radius 2 is 1.90 bits per heavy atom. The van der Waals surface area contributed by atoms with Gasteiger partial charge < -0.3 is 0 Å². The Morgan fingerprint density at radius 1 is 1.24 bits per heavy atom. The molecule has 0 amide bonds. The zero-order valence-corrected chi connectivity index (χ0v) is 13.0. The third-order valence-corrected chi connectivity index (χ3v) is 4.47. The highest BCUT2D eigenvalue weighted by atomic mass is 32.2. The number of non-ortho nitro benzene ring substituents is 1. The summed E-state index contributed by atoms with van der Waals surface area (Å²) >= 11 is 1.74. The van der Waals surface area contributed by atoms with Gasteiger partial charge in [-0.25, -0.2) is 0 Å². The van der Waals surface area contributed by atoms with Gasteiger partial charge in [0.15, 0.2) is 0 Å².